The highest BCUT2D eigenvalue weighted by molar-refractivity contribution is 5.92. The predicted octanol–water partition coefficient (Wildman–Crippen LogP) is 1.88. The number of hydrogen-bond donors (Lipinski definition) is 2. The summed E-state index contributed by atoms with van der Waals surface area (Å²) in [6.45, 7) is 2.98. The van der Waals surface area contributed by atoms with Crippen molar-refractivity contribution in [3.63, 3.8) is 0 Å². The van der Waals surface area contributed by atoms with Crippen LogP contribution in [0.2, 0.25) is 0 Å². The van der Waals surface area contributed by atoms with Gasteiger partial charge in [0, 0.05) is 26.4 Å². The summed E-state index contributed by atoms with van der Waals surface area (Å²) in [5.74, 6) is -0.148. The Balaban J connectivity index is 1.60. The molecule has 0 aliphatic carbocycles. The number of rotatable bonds is 6. The van der Waals surface area contributed by atoms with Crippen LogP contribution in [0.25, 0.3) is 0 Å². The maximum absolute atomic E-state index is 12.3. The van der Waals surface area contributed by atoms with Gasteiger partial charge in [-0.3, -0.25) is 9.48 Å². The van der Waals surface area contributed by atoms with Gasteiger partial charge in [0.15, 0.2) is 0 Å². The Hall–Kier alpha value is -2.18. The maximum Gasteiger partial charge on any atom is 0.272 e. The van der Waals surface area contributed by atoms with Crippen LogP contribution in [0.15, 0.2) is 36.5 Å². The van der Waals surface area contributed by atoms with Gasteiger partial charge in [-0.25, -0.2) is 0 Å². The Kier molecular flexibility index (Phi) is 5.61. The van der Waals surface area contributed by atoms with E-state index in [0.29, 0.717) is 24.9 Å². The number of ether oxygens (including phenoxy) is 1. The van der Waals surface area contributed by atoms with Gasteiger partial charge in [0.25, 0.3) is 5.91 Å². The summed E-state index contributed by atoms with van der Waals surface area (Å²) in [6.07, 6.45) is 4.13. The standard InChI is InChI=1S/C18H24N4O2/c1-24-13-15-6-3-2-5-14(15)11-20-18(23)17-8-10-22(21-17)16-7-4-9-19-12-16/h2-3,5-6,8,10,16,19H,4,7,9,11-13H2,1H3,(H,20,23). The first-order valence-corrected chi connectivity index (χ1v) is 8.37. The SMILES string of the molecule is COCc1ccccc1CNC(=O)c1ccn(C2CCCNC2)n1. The van der Waals surface area contributed by atoms with E-state index in [2.05, 4.69) is 15.7 Å². The summed E-state index contributed by atoms with van der Waals surface area (Å²) in [7, 11) is 1.67. The van der Waals surface area contributed by atoms with Gasteiger partial charge in [0.1, 0.15) is 5.69 Å². The zero-order chi connectivity index (χ0) is 16.8. The average molecular weight is 328 g/mol. The fraction of sp³-hybridized carbons (Fsp3) is 0.444. The molecular weight excluding hydrogens is 304 g/mol. The normalized spacial score (nSPS) is 17.6. The lowest BCUT2D eigenvalue weighted by atomic mass is 10.1. The van der Waals surface area contributed by atoms with Gasteiger partial charge in [-0.1, -0.05) is 24.3 Å². The minimum absolute atomic E-state index is 0.148. The van der Waals surface area contributed by atoms with Crippen LogP contribution in [0.1, 0.15) is 40.5 Å². The van der Waals surface area contributed by atoms with Gasteiger partial charge in [0.2, 0.25) is 0 Å². The quantitative estimate of drug-likeness (QED) is 0.850. The molecular formula is C18H24N4O2. The maximum atomic E-state index is 12.3. The summed E-state index contributed by atoms with van der Waals surface area (Å²) in [6, 6.07) is 10.1. The number of hydrogen-bond acceptors (Lipinski definition) is 4. The molecule has 6 nitrogen and oxygen atoms in total. The van der Waals surface area contributed by atoms with Crippen molar-refractivity contribution in [2.24, 2.45) is 0 Å². The number of aromatic nitrogens is 2. The van der Waals surface area contributed by atoms with E-state index in [1.54, 1.807) is 13.2 Å². The second kappa shape index (κ2) is 8.08. The van der Waals surface area contributed by atoms with Crippen molar-refractivity contribution >= 4 is 5.91 Å². The largest absolute Gasteiger partial charge is 0.380 e. The van der Waals surface area contributed by atoms with E-state index in [4.69, 9.17) is 4.74 Å². The number of methoxy groups -OCH3 is 1. The molecule has 1 aliphatic rings. The van der Waals surface area contributed by atoms with Gasteiger partial charge in [0.05, 0.1) is 12.6 Å². The molecule has 128 valence electrons. The van der Waals surface area contributed by atoms with Gasteiger partial charge in [-0.2, -0.15) is 5.10 Å². The molecule has 3 rings (SSSR count). The number of nitrogens with one attached hydrogen (secondary N) is 2. The van der Waals surface area contributed by atoms with Gasteiger partial charge in [-0.05, 0) is 36.6 Å². The number of carbonyl (C=O) groups excluding carboxylic acids is 1. The van der Waals surface area contributed by atoms with Crippen molar-refractivity contribution in [3.8, 4) is 0 Å². The Morgan fingerprint density at radius 3 is 2.96 bits per heavy atom. The first kappa shape index (κ1) is 16.7. The summed E-state index contributed by atoms with van der Waals surface area (Å²) in [5.41, 5.74) is 2.60. The Morgan fingerprint density at radius 2 is 2.21 bits per heavy atom. The molecule has 0 saturated carbocycles. The fourth-order valence-electron chi connectivity index (χ4n) is 3.01. The van der Waals surface area contributed by atoms with E-state index in [1.807, 2.05) is 35.1 Å². The van der Waals surface area contributed by atoms with E-state index in [1.165, 1.54) is 0 Å². The van der Waals surface area contributed by atoms with Crippen LogP contribution < -0.4 is 10.6 Å². The number of nitrogens with zero attached hydrogens (tertiary/aromatic N) is 2. The van der Waals surface area contributed by atoms with Crippen molar-refractivity contribution < 1.29 is 9.53 Å². The summed E-state index contributed by atoms with van der Waals surface area (Å²) < 4.78 is 7.10. The second-order valence-electron chi connectivity index (χ2n) is 6.07. The lowest BCUT2D eigenvalue weighted by molar-refractivity contribution is 0.0944. The molecule has 6 heteroatoms. The van der Waals surface area contributed by atoms with Crippen LogP contribution in [0.3, 0.4) is 0 Å². The van der Waals surface area contributed by atoms with Crippen molar-refractivity contribution in [1.82, 2.24) is 20.4 Å². The van der Waals surface area contributed by atoms with E-state index in [9.17, 15) is 4.79 Å². The van der Waals surface area contributed by atoms with Gasteiger partial charge >= 0.3 is 0 Å². The minimum atomic E-state index is -0.148. The molecule has 1 saturated heterocycles. The fourth-order valence-corrected chi connectivity index (χ4v) is 3.01. The molecule has 0 radical (unpaired) electrons. The van der Waals surface area contributed by atoms with E-state index >= 15 is 0 Å². The molecule has 1 aromatic heterocycles. The second-order valence-corrected chi connectivity index (χ2v) is 6.07. The van der Waals surface area contributed by atoms with Crippen molar-refractivity contribution in [1.29, 1.82) is 0 Å². The van der Waals surface area contributed by atoms with Crippen LogP contribution in [-0.4, -0.2) is 35.9 Å². The van der Waals surface area contributed by atoms with Crippen molar-refractivity contribution in [2.75, 3.05) is 20.2 Å². The van der Waals surface area contributed by atoms with E-state index in [0.717, 1.165) is 37.1 Å². The molecule has 2 aromatic rings. The Bertz CT molecular complexity index is 677. The monoisotopic (exact) mass is 328 g/mol. The average Bonchev–Trinajstić information content (AvgIpc) is 3.12. The van der Waals surface area contributed by atoms with E-state index < -0.39 is 0 Å². The Labute approximate surface area is 142 Å². The summed E-state index contributed by atoms with van der Waals surface area (Å²) in [5, 5.41) is 10.8. The number of piperidine rings is 1. The lowest BCUT2D eigenvalue weighted by Crippen LogP contribution is -2.32. The first-order valence-electron chi connectivity index (χ1n) is 8.37. The van der Waals surface area contributed by atoms with Crippen LogP contribution in [-0.2, 0) is 17.9 Å². The van der Waals surface area contributed by atoms with Gasteiger partial charge < -0.3 is 15.4 Å². The van der Waals surface area contributed by atoms with E-state index in [-0.39, 0.29) is 5.91 Å². The zero-order valence-electron chi connectivity index (χ0n) is 14.0. The van der Waals surface area contributed by atoms with Gasteiger partial charge in [-0.15, -0.1) is 0 Å². The van der Waals surface area contributed by atoms with Crippen LogP contribution in [0.5, 0.6) is 0 Å². The third kappa shape index (κ3) is 4.01. The van der Waals surface area contributed by atoms with Crippen molar-refractivity contribution in [2.45, 2.75) is 32.0 Å². The molecule has 2 N–H and O–H groups in total. The third-order valence-electron chi connectivity index (χ3n) is 4.34. The number of amides is 1. The number of benzene rings is 1. The highest BCUT2D eigenvalue weighted by Gasteiger charge is 2.17. The molecule has 1 aliphatic heterocycles. The molecule has 2 heterocycles. The van der Waals surface area contributed by atoms with Crippen LogP contribution >= 0.6 is 0 Å². The smallest absolute Gasteiger partial charge is 0.272 e. The molecule has 24 heavy (non-hydrogen) atoms. The first-order chi connectivity index (χ1) is 11.8. The summed E-state index contributed by atoms with van der Waals surface area (Å²) >= 11 is 0. The molecule has 0 bridgehead atoms. The van der Waals surface area contributed by atoms with Crippen molar-refractivity contribution in [3.05, 3.63) is 53.3 Å². The molecule has 0 spiro atoms. The molecule has 1 amide bonds. The molecule has 1 unspecified atom stereocenters. The Morgan fingerprint density at radius 1 is 1.38 bits per heavy atom. The lowest BCUT2D eigenvalue weighted by Gasteiger charge is -2.22. The summed E-state index contributed by atoms with van der Waals surface area (Å²) in [4.78, 5) is 12.3. The molecule has 1 fully saturated rings. The molecule has 1 atom stereocenters. The topological polar surface area (TPSA) is 68.2 Å². The highest BCUT2D eigenvalue weighted by Crippen LogP contribution is 2.16. The number of carbonyl (C=O) groups is 1. The minimum Gasteiger partial charge on any atom is -0.380 e. The zero-order valence-corrected chi connectivity index (χ0v) is 14.0. The molecule has 1 aromatic carbocycles. The van der Waals surface area contributed by atoms with Crippen LogP contribution in [0, 0.1) is 0 Å². The predicted molar refractivity (Wildman–Crippen MR) is 91.7 cm³/mol. The van der Waals surface area contributed by atoms with Crippen LogP contribution in [0.4, 0.5) is 0 Å². The third-order valence-corrected chi connectivity index (χ3v) is 4.34. The highest BCUT2D eigenvalue weighted by atomic mass is 16.5.